The van der Waals surface area contributed by atoms with Gasteiger partial charge in [0.05, 0.1) is 17.1 Å². The van der Waals surface area contributed by atoms with Crippen LogP contribution >= 0.6 is 11.6 Å². The van der Waals surface area contributed by atoms with E-state index in [1.165, 1.54) is 0 Å². The molecule has 1 aromatic carbocycles. The number of H-pyrrole nitrogens is 1. The number of aromatic nitrogens is 3. The fourth-order valence-corrected chi connectivity index (χ4v) is 3.69. The average molecular weight is 475 g/mol. The molecule has 0 aliphatic rings. The van der Waals surface area contributed by atoms with E-state index in [-0.39, 0.29) is 0 Å². The molecule has 0 saturated heterocycles. The number of aromatic amines is 1. The van der Waals surface area contributed by atoms with E-state index in [0.717, 1.165) is 34.6 Å². The Kier molecular flexibility index (Phi) is 9.11. The number of halogens is 1. The Hall–Kier alpha value is -2.80. The molecule has 33 heavy (non-hydrogen) atoms. The Labute approximate surface area is 201 Å². The van der Waals surface area contributed by atoms with Crippen molar-refractivity contribution in [3.05, 3.63) is 41.3 Å². The summed E-state index contributed by atoms with van der Waals surface area (Å²) in [5.41, 5.74) is 7.96. The van der Waals surface area contributed by atoms with Gasteiger partial charge in [0.2, 0.25) is 0 Å². The first-order valence-electron chi connectivity index (χ1n) is 11.1. The molecule has 0 aliphatic carbocycles. The van der Waals surface area contributed by atoms with Crippen LogP contribution in [0.1, 0.15) is 53.8 Å². The van der Waals surface area contributed by atoms with Crippen molar-refractivity contribution in [1.29, 1.82) is 0 Å². The van der Waals surface area contributed by atoms with Crippen molar-refractivity contribution in [1.82, 2.24) is 15.0 Å². The van der Waals surface area contributed by atoms with Crippen molar-refractivity contribution < 1.29 is 14.3 Å². The number of imidazole rings is 1. The number of pyridine rings is 1. The summed E-state index contributed by atoms with van der Waals surface area (Å²) >= 11 is 6.46. The van der Waals surface area contributed by atoms with Crippen LogP contribution in [0.5, 0.6) is 5.75 Å². The van der Waals surface area contributed by atoms with E-state index >= 15 is 0 Å². The molecule has 7 nitrogen and oxygen atoms in total. The zero-order valence-electron chi connectivity index (χ0n) is 20.5. The van der Waals surface area contributed by atoms with Crippen LogP contribution in [-0.4, -0.2) is 33.3 Å². The maximum Gasteiger partial charge on any atom is 0.405 e. The van der Waals surface area contributed by atoms with Gasteiger partial charge < -0.3 is 20.2 Å². The van der Waals surface area contributed by atoms with E-state index in [1.54, 1.807) is 27.0 Å². The van der Waals surface area contributed by atoms with E-state index in [4.69, 9.17) is 22.1 Å². The van der Waals surface area contributed by atoms with Crippen molar-refractivity contribution in [2.45, 2.75) is 60.5 Å². The van der Waals surface area contributed by atoms with Gasteiger partial charge in [-0.05, 0) is 69.7 Å². The molecule has 3 rings (SSSR count). The Morgan fingerprint density at radius 2 is 1.91 bits per heavy atom. The van der Waals surface area contributed by atoms with Gasteiger partial charge >= 0.3 is 6.09 Å². The number of fused-ring (bicyclic) bond motifs is 1. The van der Waals surface area contributed by atoms with Crippen LogP contribution in [0.2, 0.25) is 5.02 Å². The molecule has 2 aromatic heterocycles. The minimum atomic E-state index is -0.725. The second kappa shape index (κ2) is 11.4. The number of aryl methyl sites for hydroxylation is 1. The predicted molar refractivity (Wildman–Crippen MR) is 134 cm³/mol. The molecular weight excluding hydrogens is 440 g/mol. The van der Waals surface area contributed by atoms with Gasteiger partial charge in [0.15, 0.2) is 5.65 Å². The topological polar surface area (TPSA) is 103 Å². The first kappa shape index (κ1) is 26.5. The lowest BCUT2D eigenvalue weighted by Gasteiger charge is -2.16. The molecule has 0 radical (unpaired) electrons. The monoisotopic (exact) mass is 474 g/mol. The fraction of sp³-hybridized carbons (Fsp3) is 0.480. The Morgan fingerprint density at radius 1 is 1.21 bits per heavy atom. The lowest BCUT2D eigenvalue weighted by Crippen LogP contribution is -2.27. The van der Waals surface area contributed by atoms with E-state index in [9.17, 15) is 4.79 Å². The van der Waals surface area contributed by atoms with Crippen LogP contribution in [0.25, 0.3) is 22.3 Å². The molecule has 1 atom stereocenters. The van der Waals surface area contributed by atoms with Gasteiger partial charge in [-0.15, -0.1) is 0 Å². The summed E-state index contributed by atoms with van der Waals surface area (Å²) in [5.74, 6) is 2.75. The Balaban J connectivity index is 0.000000414. The van der Waals surface area contributed by atoms with Crippen molar-refractivity contribution >= 4 is 28.9 Å². The van der Waals surface area contributed by atoms with Crippen LogP contribution in [-0.2, 0) is 4.74 Å². The molecule has 0 aliphatic heterocycles. The summed E-state index contributed by atoms with van der Waals surface area (Å²) < 4.78 is 10.5. The van der Waals surface area contributed by atoms with Crippen LogP contribution in [0, 0.1) is 18.8 Å². The zero-order valence-corrected chi connectivity index (χ0v) is 21.3. The van der Waals surface area contributed by atoms with E-state index in [0.29, 0.717) is 29.1 Å². The standard InChI is InChI=1S/C20H24ClN3O.C5H11NO2/c1-12(2)9-13(3)11-25-18-6-5-15(10-17(18)21)16-7-8-22-20-19(16)23-14(4)24-20;1-5(2,3)8-4(6)7/h5-8,10,12-13H,9,11H2,1-4H3,(H,22,23,24);1-3H3,(H2,6,7). The number of carbonyl (C=O) groups is 1. The summed E-state index contributed by atoms with van der Waals surface area (Å²) in [6, 6.07) is 7.88. The molecule has 0 saturated carbocycles. The number of ether oxygens (including phenoxy) is 2. The number of nitrogens with one attached hydrogen (secondary N) is 1. The molecule has 3 aromatic rings. The molecule has 3 N–H and O–H groups in total. The number of nitrogens with two attached hydrogens (primary N) is 1. The predicted octanol–water partition coefficient (Wildman–Crippen LogP) is 6.53. The minimum Gasteiger partial charge on any atom is -0.492 e. The molecule has 2 heterocycles. The third kappa shape index (κ3) is 8.57. The van der Waals surface area contributed by atoms with Crippen LogP contribution in [0.4, 0.5) is 4.79 Å². The molecular formula is C25H35ClN4O3. The van der Waals surface area contributed by atoms with Crippen molar-refractivity contribution in [2.75, 3.05) is 6.61 Å². The molecule has 1 amide bonds. The number of rotatable bonds is 6. The van der Waals surface area contributed by atoms with Crippen LogP contribution in [0.15, 0.2) is 30.5 Å². The molecule has 0 bridgehead atoms. The first-order valence-corrected chi connectivity index (χ1v) is 11.5. The minimum absolute atomic E-state index is 0.453. The van der Waals surface area contributed by atoms with Gasteiger partial charge in [-0.3, -0.25) is 0 Å². The van der Waals surface area contributed by atoms with Gasteiger partial charge in [0.25, 0.3) is 0 Å². The maximum atomic E-state index is 10.0. The molecule has 1 unspecified atom stereocenters. The molecule has 0 spiro atoms. The highest BCUT2D eigenvalue weighted by Crippen LogP contribution is 2.33. The van der Waals surface area contributed by atoms with Gasteiger partial charge in [-0.2, -0.15) is 0 Å². The fourth-order valence-electron chi connectivity index (χ4n) is 3.46. The van der Waals surface area contributed by atoms with Crippen molar-refractivity contribution in [3.8, 4) is 16.9 Å². The van der Waals surface area contributed by atoms with Gasteiger partial charge in [0, 0.05) is 11.8 Å². The Morgan fingerprint density at radius 3 is 2.45 bits per heavy atom. The lowest BCUT2D eigenvalue weighted by atomic mass is 10.00. The molecule has 180 valence electrons. The SMILES string of the molecule is CC(C)(C)OC(N)=O.Cc1nc2nccc(-c3ccc(OCC(C)CC(C)C)c(Cl)c3)c2[nH]1. The van der Waals surface area contributed by atoms with E-state index in [2.05, 4.69) is 40.5 Å². The highest BCUT2D eigenvalue weighted by Gasteiger charge is 2.13. The quantitative estimate of drug-likeness (QED) is 0.422. The second-order valence-corrected chi connectivity index (χ2v) is 10.0. The van der Waals surface area contributed by atoms with Crippen LogP contribution < -0.4 is 10.5 Å². The van der Waals surface area contributed by atoms with E-state index in [1.807, 2.05) is 31.2 Å². The van der Waals surface area contributed by atoms with E-state index < -0.39 is 11.7 Å². The van der Waals surface area contributed by atoms with Gasteiger partial charge in [-0.25, -0.2) is 14.8 Å². The summed E-state index contributed by atoms with van der Waals surface area (Å²) in [7, 11) is 0. The largest absolute Gasteiger partial charge is 0.492 e. The highest BCUT2D eigenvalue weighted by atomic mass is 35.5. The van der Waals surface area contributed by atoms with Crippen LogP contribution in [0.3, 0.4) is 0 Å². The van der Waals surface area contributed by atoms with Crippen molar-refractivity contribution in [2.24, 2.45) is 17.6 Å². The summed E-state index contributed by atoms with van der Waals surface area (Å²) in [4.78, 5) is 22.0. The number of carbonyl (C=O) groups excluding carboxylic acids is 1. The number of hydrogen-bond acceptors (Lipinski definition) is 5. The highest BCUT2D eigenvalue weighted by molar-refractivity contribution is 6.32. The number of hydrogen-bond donors (Lipinski definition) is 2. The average Bonchev–Trinajstić information content (AvgIpc) is 3.05. The van der Waals surface area contributed by atoms with Crippen molar-refractivity contribution in [3.63, 3.8) is 0 Å². The zero-order chi connectivity index (χ0) is 24.8. The third-order valence-electron chi connectivity index (χ3n) is 4.56. The number of nitrogens with zero attached hydrogens (tertiary/aromatic N) is 2. The van der Waals surface area contributed by atoms with Gasteiger partial charge in [-0.1, -0.05) is 38.4 Å². The number of amides is 1. The second-order valence-electron chi connectivity index (χ2n) is 9.60. The number of primary amides is 1. The maximum absolute atomic E-state index is 10.0. The summed E-state index contributed by atoms with van der Waals surface area (Å²) in [6.45, 7) is 14.5. The Bertz CT molecular complexity index is 1070. The molecule has 0 fully saturated rings. The number of benzene rings is 1. The normalized spacial score (nSPS) is 12.3. The van der Waals surface area contributed by atoms with Gasteiger partial charge in [0.1, 0.15) is 17.2 Å². The summed E-state index contributed by atoms with van der Waals surface area (Å²) in [5, 5.41) is 0.621. The summed E-state index contributed by atoms with van der Waals surface area (Å²) in [6.07, 6.45) is 2.19. The smallest absolute Gasteiger partial charge is 0.405 e. The first-order chi connectivity index (χ1) is 15.4. The third-order valence-corrected chi connectivity index (χ3v) is 4.85. The molecule has 8 heteroatoms. The lowest BCUT2D eigenvalue weighted by molar-refractivity contribution is 0.0600.